The van der Waals surface area contributed by atoms with Crippen molar-refractivity contribution in [3.8, 4) is 0 Å². The number of aryl methyl sites for hydroxylation is 1. The van der Waals surface area contributed by atoms with Crippen LogP contribution < -0.4 is 5.32 Å². The average Bonchev–Trinajstić information content (AvgIpc) is 3.49. The highest BCUT2D eigenvalue weighted by molar-refractivity contribution is 5.95. The lowest BCUT2D eigenvalue weighted by molar-refractivity contribution is 0.0613. The summed E-state index contributed by atoms with van der Waals surface area (Å²) >= 11 is 0. The molecule has 4 atom stereocenters. The summed E-state index contributed by atoms with van der Waals surface area (Å²) in [7, 11) is 0. The van der Waals surface area contributed by atoms with Crippen LogP contribution in [-0.2, 0) is 15.9 Å². The number of nitrogens with one attached hydrogen (secondary N) is 2. The van der Waals surface area contributed by atoms with Gasteiger partial charge in [-0.05, 0) is 19.3 Å². The summed E-state index contributed by atoms with van der Waals surface area (Å²) in [5, 5.41) is 18.5. The van der Waals surface area contributed by atoms with Gasteiger partial charge < -0.3 is 14.8 Å². The van der Waals surface area contributed by atoms with Crippen molar-refractivity contribution in [3.05, 3.63) is 29.3 Å². The quantitative estimate of drug-likeness (QED) is 0.789. The summed E-state index contributed by atoms with van der Waals surface area (Å²) in [6, 6.07) is -0.192. The molecule has 9 heteroatoms. The van der Waals surface area contributed by atoms with Crippen molar-refractivity contribution in [1.29, 1.82) is 0 Å². The van der Waals surface area contributed by atoms with Gasteiger partial charge in [0, 0.05) is 12.4 Å². The van der Waals surface area contributed by atoms with Gasteiger partial charge in [-0.25, -0.2) is 4.68 Å². The molecule has 5 rings (SSSR count). The second kappa shape index (κ2) is 7.87. The number of fused-ring (bicyclic) bond motifs is 1. The Labute approximate surface area is 169 Å². The van der Waals surface area contributed by atoms with E-state index in [1.54, 1.807) is 13.1 Å². The molecule has 1 amide bonds. The van der Waals surface area contributed by atoms with Crippen molar-refractivity contribution < 1.29 is 14.3 Å². The Morgan fingerprint density at radius 3 is 2.86 bits per heavy atom. The van der Waals surface area contributed by atoms with Gasteiger partial charge in [0.2, 0.25) is 0 Å². The maximum absolute atomic E-state index is 12.5. The number of amides is 1. The Hall–Kier alpha value is -2.26. The van der Waals surface area contributed by atoms with E-state index in [0.717, 1.165) is 18.0 Å². The van der Waals surface area contributed by atoms with Crippen molar-refractivity contribution >= 4 is 5.91 Å². The van der Waals surface area contributed by atoms with Gasteiger partial charge >= 0.3 is 0 Å². The first-order valence-corrected chi connectivity index (χ1v) is 10.6. The Balaban J connectivity index is 1.21. The molecule has 2 aliphatic heterocycles. The summed E-state index contributed by atoms with van der Waals surface area (Å²) in [5.74, 6) is 0.572. The Morgan fingerprint density at radius 2 is 2.07 bits per heavy atom. The molecule has 0 radical (unpaired) electrons. The molecule has 1 aliphatic carbocycles. The van der Waals surface area contributed by atoms with Crippen molar-refractivity contribution in [1.82, 2.24) is 30.5 Å². The largest absolute Gasteiger partial charge is 0.371 e. The lowest BCUT2D eigenvalue weighted by atomic mass is 9.86. The first-order chi connectivity index (χ1) is 14.2. The van der Waals surface area contributed by atoms with Crippen molar-refractivity contribution in [2.24, 2.45) is 5.92 Å². The van der Waals surface area contributed by atoms with Gasteiger partial charge in [-0.3, -0.25) is 9.89 Å². The molecular formula is C20H28N6O3. The van der Waals surface area contributed by atoms with E-state index in [9.17, 15) is 4.79 Å². The molecule has 2 N–H and O–H groups in total. The molecule has 9 nitrogen and oxygen atoms in total. The maximum atomic E-state index is 12.5. The number of nitrogens with zero attached hydrogens (tertiary/aromatic N) is 4. The van der Waals surface area contributed by atoms with E-state index in [4.69, 9.17) is 9.47 Å². The zero-order valence-corrected chi connectivity index (χ0v) is 16.7. The number of aromatic amines is 1. The number of aromatic nitrogens is 5. The van der Waals surface area contributed by atoms with Gasteiger partial charge in [-0.2, -0.15) is 5.10 Å². The van der Waals surface area contributed by atoms with Crippen LogP contribution in [0, 0.1) is 12.8 Å². The number of hydrogen-bond donors (Lipinski definition) is 2. The molecular weight excluding hydrogens is 372 g/mol. The molecule has 3 aliphatic rings. The third-order valence-electron chi connectivity index (χ3n) is 6.54. The van der Waals surface area contributed by atoms with Gasteiger partial charge in [-0.1, -0.05) is 37.3 Å². The van der Waals surface area contributed by atoms with E-state index in [-0.39, 0.29) is 30.2 Å². The molecule has 0 bridgehead atoms. The van der Waals surface area contributed by atoms with Crippen LogP contribution in [0.25, 0.3) is 0 Å². The highest BCUT2D eigenvalue weighted by atomic mass is 16.6. The smallest absolute Gasteiger partial charge is 0.255 e. The lowest BCUT2D eigenvalue weighted by Crippen LogP contribution is -2.44. The van der Waals surface area contributed by atoms with Gasteiger partial charge in [0.25, 0.3) is 5.91 Å². The fourth-order valence-corrected chi connectivity index (χ4v) is 4.92. The Bertz CT molecular complexity index is 858. The van der Waals surface area contributed by atoms with Crippen molar-refractivity contribution in [3.63, 3.8) is 0 Å². The van der Waals surface area contributed by atoms with Gasteiger partial charge in [0.1, 0.15) is 18.2 Å². The van der Waals surface area contributed by atoms with E-state index in [1.165, 1.54) is 32.1 Å². The zero-order valence-electron chi connectivity index (χ0n) is 16.7. The molecule has 2 aromatic heterocycles. The van der Waals surface area contributed by atoms with E-state index in [2.05, 4.69) is 32.0 Å². The summed E-state index contributed by atoms with van der Waals surface area (Å²) in [4.78, 5) is 12.5. The van der Waals surface area contributed by atoms with E-state index < -0.39 is 0 Å². The SMILES string of the molecule is Cc1n[nH]cc1C(=O)NC1COC2C1OCC2n1cc(CC2CCCCC2)nn1. The topological polar surface area (TPSA) is 107 Å². The number of carbonyl (C=O) groups excluding carboxylic acids is 1. The van der Waals surface area contributed by atoms with E-state index in [1.807, 2.05) is 4.68 Å². The summed E-state index contributed by atoms with van der Waals surface area (Å²) < 4.78 is 13.9. The molecule has 1 saturated carbocycles. The van der Waals surface area contributed by atoms with Gasteiger partial charge in [-0.15, -0.1) is 5.10 Å². The standard InChI is InChI=1S/C20H28N6O3/c1-12-15(8-21-23-12)20(27)22-16-10-28-19-17(11-29-18(16)19)26-9-14(24-25-26)7-13-5-3-2-4-6-13/h8-9,13,16-19H,2-7,10-11H2,1H3,(H,21,23)(H,22,27). The van der Waals surface area contributed by atoms with Crippen LogP contribution in [0.15, 0.2) is 12.4 Å². The molecule has 0 aromatic carbocycles. The second-order valence-corrected chi connectivity index (χ2v) is 8.53. The molecule has 2 saturated heterocycles. The zero-order chi connectivity index (χ0) is 19.8. The summed E-state index contributed by atoms with van der Waals surface area (Å²) in [6.45, 7) is 2.74. The van der Waals surface area contributed by atoms with Crippen molar-refractivity contribution in [2.45, 2.75) is 69.7 Å². The van der Waals surface area contributed by atoms with Gasteiger partial charge in [0.15, 0.2) is 0 Å². The molecule has 156 valence electrons. The molecule has 2 aromatic rings. The lowest BCUT2D eigenvalue weighted by Gasteiger charge is -2.20. The first-order valence-electron chi connectivity index (χ1n) is 10.6. The Morgan fingerprint density at radius 1 is 1.24 bits per heavy atom. The fourth-order valence-electron chi connectivity index (χ4n) is 4.92. The van der Waals surface area contributed by atoms with Gasteiger partial charge in [0.05, 0.1) is 36.2 Å². The molecule has 29 heavy (non-hydrogen) atoms. The van der Waals surface area contributed by atoms with Crippen LogP contribution in [0.4, 0.5) is 0 Å². The summed E-state index contributed by atoms with van der Waals surface area (Å²) in [6.07, 6.45) is 11.0. The minimum absolute atomic E-state index is 0.00910. The van der Waals surface area contributed by atoms with E-state index >= 15 is 0 Å². The minimum atomic E-state index is -0.183. The molecule has 4 heterocycles. The van der Waals surface area contributed by atoms with Crippen LogP contribution in [0.5, 0.6) is 0 Å². The number of H-pyrrole nitrogens is 1. The molecule has 0 spiro atoms. The predicted molar refractivity (Wildman–Crippen MR) is 103 cm³/mol. The van der Waals surface area contributed by atoms with E-state index in [0.29, 0.717) is 24.5 Å². The Kier molecular flexibility index (Phi) is 5.09. The highest BCUT2D eigenvalue weighted by Crippen LogP contribution is 2.34. The highest BCUT2D eigenvalue weighted by Gasteiger charge is 2.49. The van der Waals surface area contributed by atoms with Crippen LogP contribution in [0.1, 0.15) is 59.9 Å². The third kappa shape index (κ3) is 3.69. The number of ether oxygens (including phenoxy) is 2. The molecule has 3 fully saturated rings. The van der Waals surface area contributed by atoms with Crippen LogP contribution in [-0.4, -0.2) is 62.6 Å². The van der Waals surface area contributed by atoms with Crippen LogP contribution in [0.3, 0.4) is 0 Å². The monoisotopic (exact) mass is 400 g/mol. The third-order valence-corrected chi connectivity index (χ3v) is 6.54. The van der Waals surface area contributed by atoms with Crippen LogP contribution in [0.2, 0.25) is 0 Å². The normalized spacial score (nSPS) is 29.8. The summed E-state index contributed by atoms with van der Waals surface area (Å²) in [5.41, 5.74) is 2.28. The number of rotatable bonds is 5. The second-order valence-electron chi connectivity index (χ2n) is 8.53. The minimum Gasteiger partial charge on any atom is -0.371 e. The van der Waals surface area contributed by atoms with Crippen LogP contribution >= 0.6 is 0 Å². The molecule has 4 unspecified atom stereocenters. The predicted octanol–water partition coefficient (Wildman–Crippen LogP) is 1.57. The average molecular weight is 400 g/mol. The maximum Gasteiger partial charge on any atom is 0.255 e. The van der Waals surface area contributed by atoms with Crippen molar-refractivity contribution in [2.75, 3.05) is 13.2 Å². The number of hydrogen-bond acceptors (Lipinski definition) is 6. The number of carbonyl (C=O) groups is 1. The first kappa shape index (κ1) is 18.7. The fraction of sp³-hybridized carbons (Fsp3) is 0.700.